The SMILES string of the molecule is COc1ccc([C@H]2C(C(=O)Nc3ccc(Br)cn3)=C(C)NC3=C2C(=O)CCC3)cc1. The number of dihydropyridines is 1. The average Bonchev–Trinajstić information content (AvgIpc) is 2.74. The van der Waals surface area contributed by atoms with E-state index in [-0.39, 0.29) is 11.7 Å². The standard InChI is InChI=1S/C23H22BrN3O3/c1-13-20(23(29)27-19-11-8-15(24)12-25-19)21(14-6-9-16(30-2)10-7-14)22-17(26-13)4-3-5-18(22)28/h6-12,21,26H,3-5H2,1-2H3,(H,25,27,29)/t21-/m0/s1. The van der Waals surface area contributed by atoms with Gasteiger partial charge in [0.25, 0.3) is 5.91 Å². The quantitative estimate of drug-likeness (QED) is 0.693. The van der Waals surface area contributed by atoms with Crippen LogP contribution in [0.5, 0.6) is 5.75 Å². The van der Waals surface area contributed by atoms with Crippen molar-refractivity contribution in [2.24, 2.45) is 0 Å². The number of hydrogen-bond donors (Lipinski definition) is 2. The topological polar surface area (TPSA) is 80.3 Å². The highest BCUT2D eigenvalue weighted by atomic mass is 79.9. The monoisotopic (exact) mass is 467 g/mol. The van der Waals surface area contributed by atoms with E-state index in [4.69, 9.17) is 4.74 Å². The van der Waals surface area contributed by atoms with Crippen molar-refractivity contribution in [2.45, 2.75) is 32.1 Å². The van der Waals surface area contributed by atoms with Crippen molar-refractivity contribution in [1.29, 1.82) is 0 Å². The highest BCUT2D eigenvalue weighted by Gasteiger charge is 2.38. The molecule has 0 bridgehead atoms. The predicted molar refractivity (Wildman–Crippen MR) is 118 cm³/mol. The van der Waals surface area contributed by atoms with Gasteiger partial charge in [0.05, 0.1) is 7.11 Å². The maximum atomic E-state index is 13.3. The molecular weight excluding hydrogens is 446 g/mol. The molecule has 0 spiro atoms. The summed E-state index contributed by atoms with van der Waals surface area (Å²) >= 11 is 3.35. The van der Waals surface area contributed by atoms with Gasteiger partial charge < -0.3 is 15.4 Å². The summed E-state index contributed by atoms with van der Waals surface area (Å²) in [4.78, 5) is 30.5. The molecule has 2 aliphatic rings. The Kier molecular flexibility index (Phi) is 5.72. The van der Waals surface area contributed by atoms with E-state index in [0.29, 0.717) is 23.4 Å². The van der Waals surface area contributed by atoms with E-state index in [1.165, 1.54) is 0 Å². The van der Waals surface area contributed by atoms with Gasteiger partial charge in [-0.05, 0) is 65.5 Å². The van der Waals surface area contributed by atoms with Gasteiger partial charge in [-0.25, -0.2) is 4.98 Å². The van der Waals surface area contributed by atoms with Gasteiger partial charge in [-0.1, -0.05) is 12.1 Å². The lowest BCUT2D eigenvalue weighted by atomic mass is 9.75. The number of pyridine rings is 1. The van der Waals surface area contributed by atoms with Crippen molar-refractivity contribution in [3.63, 3.8) is 0 Å². The van der Waals surface area contributed by atoms with E-state index < -0.39 is 5.92 Å². The molecular formula is C23H22BrN3O3. The third kappa shape index (κ3) is 3.89. The first-order chi connectivity index (χ1) is 14.5. The van der Waals surface area contributed by atoms with Crippen molar-refractivity contribution in [3.05, 3.63) is 75.2 Å². The number of amides is 1. The van der Waals surface area contributed by atoms with Crippen LogP contribution in [0.1, 0.15) is 37.7 Å². The zero-order chi connectivity index (χ0) is 21.3. The molecule has 6 nitrogen and oxygen atoms in total. The van der Waals surface area contributed by atoms with E-state index in [9.17, 15) is 9.59 Å². The number of ketones is 1. The van der Waals surface area contributed by atoms with Gasteiger partial charge in [0.2, 0.25) is 0 Å². The zero-order valence-electron chi connectivity index (χ0n) is 16.8. The molecule has 2 N–H and O–H groups in total. The van der Waals surface area contributed by atoms with E-state index in [0.717, 1.165) is 40.0 Å². The summed E-state index contributed by atoms with van der Waals surface area (Å²) in [7, 11) is 1.61. The predicted octanol–water partition coefficient (Wildman–Crippen LogP) is 4.46. The van der Waals surface area contributed by atoms with Crippen LogP contribution in [0.25, 0.3) is 0 Å². The second-order valence-corrected chi connectivity index (χ2v) is 8.27. The van der Waals surface area contributed by atoms with E-state index in [1.807, 2.05) is 37.3 Å². The smallest absolute Gasteiger partial charge is 0.255 e. The number of nitrogens with zero attached hydrogens (tertiary/aromatic N) is 1. The molecule has 1 aromatic heterocycles. The molecule has 0 fully saturated rings. The molecule has 30 heavy (non-hydrogen) atoms. The third-order valence-electron chi connectivity index (χ3n) is 5.44. The van der Waals surface area contributed by atoms with Gasteiger partial charge in [0.15, 0.2) is 5.78 Å². The number of carbonyl (C=O) groups excluding carboxylic acids is 2. The minimum Gasteiger partial charge on any atom is -0.497 e. The lowest BCUT2D eigenvalue weighted by molar-refractivity contribution is -0.116. The Balaban J connectivity index is 1.76. The van der Waals surface area contributed by atoms with Crippen LogP contribution in [0.15, 0.2) is 69.6 Å². The Morgan fingerprint density at radius 2 is 1.97 bits per heavy atom. The minimum absolute atomic E-state index is 0.0872. The number of aromatic nitrogens is 1. The second kappa shape index (κ2) is 8.44. The Bertz CT molecular complexity index is 1060. The molecule has 1 aromatic carbocycles. The molecule has 2 aromatic rings. The number of rotatable bonds is 4. The molecule has 2 heterocycles. The summed E-state index contributed by atoms with van der Waals surface area (Å²) < 4.78 is 6.10. The summed E-state index contributed by atoms with van der Waals surface area (Å²) in [6.07, 6.45) is 3.74. The van der Waals surface area contributed by atoms with E-state index in [2.05, 4.69) is 31.5 Å². The van der Waals surface area contributed by atoms with Crippen molar-refractivity contribution in [1.82, 2.24) is 10.3 Å². The van der Waals surface area contributed by atoms with Crippen LogP contribution >= 0.6 is 15.9 Å². The molecule has 1 amide bonds. The van der Waals surface area contributed by atoms with Crippen LogP contribution in [0, 0.1) is 0 Å². The van der Waals surface area contributed by atoms with Gasteiger partial charge in [-0.2, -0.15) is 0 Å². The zero-order valence-corrected chi connectivity index (χ0v) is 18.4. The minimum atomic E-state index is -0.435. The molecule has 0 unspecified atom stereocenters. The molecule has 7 heteroatoms. The molecule has 0 saturated carbocycles. The average molecular weight is 468 g/mol. The van der Waals surface area contributed by atoms with Crippen LogP contribution in [0.4, 0.5) is 5.82 Å². The first kappa shape index (κ1) is 20.3. The number of carbonyl (C=O) groups is 2. The molecule has 154 valence electrons. The fraction of sp³-hybridized carbons (Fsp3) is 0.261. The fourth-order valence-electron chi connectivity index (χ4n) is 4.05. The second-order valence-electron chi connectivity index (χ2n) is 7.35. The number of allylic oxidation sites excluding steroid dienone is 3. The van der Waals surface area contributed by atoms with Crippen LogP contribution in [0.3, 0.4) is 0 Å². The van der Waals surface area contributed by atoms with Gasteiger partial charge in [-0.15, -0.1) is 0 Å². The molecule has 1 atom stereocenters. The largest absolute Gasteiger partial charge is 0.497 e. The summed E-state index contributed by atoms with van der Waals surface area (Å²) in [5.74, 6) is 0.550. The van der Waals surface area contributed by atoms with Crippen molar-refractivity contribution in [3.8, 4) is 5.75 Å². The molecule has 0 radical (unpaired) electrons. The first-order valence-corrected chi connectivity index (χ1v) is 10.6. The number of anilines is 1. The number of benzene rings is 1. The van der Waals surface area contributed by atoms with Crippen molar-refractivity contribution < 1.29 is 14.3 Å². The summed E-state index contributed by atoms with van der Waals surface area (Å²) in [6, 6.07) is 11.1. The van der Waals surface area contributed by atoms with Crippen LogP contribution in [-0.2, 0) is 9.59 Å². The fourth-order valence-corrected chi connectivity index (χ4v) is 4.28. The number of hydrogen-bond acceptors (Lipinski definition) is 5. The highest BCUT2D eigenvalue weighted by molar-refractivity contribution is 9.10. The number of halogens is 1. The third-order valence-corrected chi connectivity index (χ3v) is 5.91. The molecule has 1 aliphatic carbocycles. The van der Waals surface area contributed by atoms with Crippen molar-refractivity contribution in [2.75, 3.05) is 12.4 Å². The number of methoxy groups -OCH3 is 1. The molecule has 0 saturated heterocycles. The Morgan fingerprint density at radius 3 is 2.63 bits per heavy atom. The van der Waals surface area contributed by atoms with Crippen LogP contribution in [0.2, 0.25) is 0 Å². The van der Waals surface area contributed by atoms with Gasteiger partial charge >= 0.3 is 0 Å². The van der Waals surface area contributed by atoms with E-state index in [1.54, 1.807) is 19.4 Å². The van der Waals surface area contributed by atoms with Crippen LogP contribution in [-0.4, -0.2) is 23.8 Å². The Morgan fingerprint density at radius 1 is 1.20 bits per heavy atom. The van der Waals surface area contributed by atoms with Crippen LogP contribution < -0.4 is 15.4 Å². The molecule has 1 aliphatic heterocycles. The first-order valence-electron chi connectivity index (χ1n) is 9.79. The number of Topliss-reactive ketones (excluding diaryl/α,β-unsaturated/α-hetero) is 1. The summed E-state index contributed by atoms with van der Waals surface area (Å²) in [6.45, 7) is 1.88. The number of ether oxygens (including phenoxy) is 1. The summed E-state index contributed by atoms with van der Waals surface area (Å²) in [5.41, 5.74) is 3.76. The Hall–Kier alpha value is -2.93. The maximum Gasteiger partial charge on any atom is 0.255 e. The normalized spacial score (nSPS) is 18.6. The van der Waals surface area contributed by atoms with Crippen molar-refractivity contribution >= 4 is 33.4 Å². The maximum absolute atomic E-state index is 13.3. The van der Waals surface area contributed by atoms with Gasteiger partial charge in [0, 0.05) is 45.5 Å². The van der Waals surface area contributed by atoms with Gasteiger partial charge in [0.1, 0.15) is 11.6 Å². The van der Waals surface area contributed by atoms with E-state index >= 15 is 0 Å². The highest BCUT2D eigenvalue weighted by Crippen LogP contribution is 2.42. The number of nitrogens with one attached hydrogen (secondary N) is 2. The summed E-state index contributed by atoms with van der Waals surface area (Å²) in [5, 5.41) is 6.20. The lowest BCUT2D eigenvalue weighted by Gasteiger charge is -2.34. The van der Waals surface area contributed by atoms with Gasteiger partial charge in [-0.3, -0.25) is 9.59 Å². The molecule has 4 rings (SSSR count). The Labute approximate surface area is 183 Å². The lowest BCUT2D eigenvalue weighted by Crippen LogP contribution is -2.35.